The summed E-state index contributed by atoms with van der Waals surface area (Å²) in [7, 11) is 0. The summed E-state index contributed by atoms with van der Waals surface area (Å²) in [6.45, 7) is 3.61. The van der Waals surface area contributed by atoms with E-state index >= 15 is 0 Å². The molecule has 0 aliphatic carbocycles. The summed E-state index contributed by atoms with van der Waals surface area (Å²) in [4.78, 5) is 32.6. The lowest BCUT2D eigenvalue weighted by Gasteiger charge is -2.30. The SMILES string of the molecule is Cc1ccc2c(c1)N(CC(=O)N1C[C@@H]3OCC(n4cncn4)CO[C@H]3C1)C(=O)CO2. The van der Waals surface area contributed by atoms with Crippen molar-refractivity contribution in [3.05, 3.63) is 36.4 Å². The minimum Gasteiger partial charge on any atom is -0.482 e. The molecule has 2 aromatic rings. The summed E-state index contributed by atoms with van der Waals surface area (Å²) in [5.74, 6) is 0.259. The molecule has 2 saturated heterocycles. The van der Waals surface area contributed by atoms with Gasteiger partial charge in [0.2, 0.25) is 5.91 Å². The molecule has 1 aromatic heterocycles. The highest BCUT2D eigenvalue weighted by Crippen LogP contribution is 2.33. The lowest BCUT2D eigenvalue weighted by Crippen LogP contribution is -2.46. The first-order valence-corrected chi connectivity index (χ1v) is 9.97. The van der Waals surface area contributed by atoms with Crippen LogP contribution >= 0.6 is 0 Å². The highest BCUT2D eigenvalue weighted by Gasteiger charge is 2.40. The highest BCUT2D eigenvalue weighted by molar-refractivity contribution is 6.02. The van der Waals surface area contributed by atoms with Gasteiger partial charge in [-0.15, -0.1) is 0 Å². The van der Waals surface area contributed by atoms with Crippen molar-refractivity contribution in [1.29, 1.82) is 0 Å². The van der Waals surface area contributed by atoms with Gasteiger partial charge < -0.3 is 19.1 Å². The summed E-state index contributed by atoms with van der Waals surface area (Å²) >= 11 is 0. The van der Waals surface area contributed by atoms with Gasteiger partial charge in [0, 0.05) is 13.1 Å². The van der Waals surface area contributed by atoms with E-state index in [0.717, 1.165) is 5.56 Å². The smallest absolute Gasteiger partial charge is 0.265 e. The molecule has 0 unspecified atom stereocenters. The van der Waals surface area contributed by atoms with E-state index < -0.39 is 0 Å². The van der Waals surface area contributed by atoms with Crippen LogP contribution in [-0.4, -0.2) is 83.1 Å². The van der Waals surface area contributed by atoms with Crippen molar-refractivity contribution in [3.63, 3.8) is 0 Å². The maximum absolute atomic E-state index is 13.0. The lowest BCUT2D eigenvalue weighted by molar-refractivity contribution is -0.131. The zero-order valence-electron chi connectivity index (χ0n) is 16.6. The number of likely N-dealkylation sites (tertiary alicyclic amines) is 1. The van der Waals surface area contributed by atoms with E-state index in [1.807, 2.05) is 25.1 Å². The first-order valence-electron chi connectivity index (χ1n) is 9.97. The van der Waals surface area contributed by atoms with Crippen LogP contribution in [0.5, 0.6) is 5.75 Å². The number of carbonyl (C=O) groups excluding carboxylic acids is 2. The van der Waals surface area contributed by atoms with E-state index in [0.29, 0.717) is 37.7 Å². The number of hydrogen-bond acceptors (Lipinski definition) is 7. The highest BCUT2D eigenvalue weighted by atomic mass is 16.6. The Morgan fingerprint density at radius 1 is 1.20 bits per heavy atom. The Kier molecular flexibility index (Phi) is 4.87. The quantitative estimate of drug-likeness (QED) is 0.708. The van der Waals surface area contributed by atoms with E-state index in [4.69, 9.17) is 14.2 Å². The number of anilines is 1. The fourth-order valence-corrected chi connectivity index (χ4v) is 4.06. The van der Waals surface area contributed by atoms with E-state index in [-0.39, 0.29) is 43.2 Å². The van der Waals surface area contributed by atoms with Crippen molar-refractivity contribution in [2.24, 2.45) is 0 Å². The van der Waals surface area contributed by atoms with Gasteiger partial charge in [0.25, 0.3) is 5.91 Å². The number of carbonyl (C=O) groups is 2. The first-order chi connectivity index (χ1) is 14.6. The molecule has 5 rings (SSSR count). The van der Waals surface area contributed by atoms with Gasteiger partial charge in [0.15, 0.2) is 6.61 Å². The molecule has 0 bridgehead atoms. The molecule has 158 valence electrons. The minimum absolute atomic E-state index is 0.0281. The molecule has 0 radical (unpaired) electrons. The zero-order chi connectivity index (χ0) is 20.7. The van der Waals surface area contributed by atoms with Crippen LogP contribution in [0, 0.1) is 6.92 Å². The fraction of sp³-hybridized carbons (Fsp3) is 0.500. The molecule has 2 amide bonds. The molecule has 3 aliphatic rings. The number of fused-ring (bicyclic) bond motifs is 2. The zero-order valence-corrected chi connectivity index (χ0v) is 16.6. The molecule has 10 heteroatoms. The number of hydrogen-bond donors (Lipinski definition) is 0. The van der Waals surface area contributed by atoms with Crippen molar-refractivity contribution < 1.29 is 23.8 Å². The molecule has 2 atom stereocenters. The van der Waals surface area contributed by atoms with Crippen LogP contribution in [0.1, 0.15) is 11.6 Å². The molecule has 0 N–H and O–H groups in total. The van der Waals surface area contributed by atoms with Gasteiger partial charge in [0.1, 0.15) is 43.2 Å². The maximum Gasteiger partial charge on any atom is 0.265 e. The number of aryl methyl sites for hydroxylation is 1. The van der Waals surface area contributed by atoms with Crippen molar-refractivity contribution in [2.75, 3.05) is 44.4 Å². The molecule has 0 spiro atoms. The summed E-state index contributed by atoms with van der Waals surface area (Å²) < 4.78 is 19.3. The van der Waals surface area contributed by atoms with Crippen LogP contribution in [0.15, 0.2) is 30.9 Å². The largest absolute Gasteiger partial charge is 0.482 e. The van der Waals surface area contributed by atoms with Gasteiger partial charge in [-0.3, -0.25) is 14.5 Å². The van der Waals surface area contributed by atoms with Gasteiger partial charge in [-0.05, 0) is 24.6 Å². The molecule has 0 saturated carbocycles. The molecule has 2 fully saturated rings. The number of benzene rings is 1. The molecular weight excluding hydrogens is 390 g/mol. The third-order valence-corrected chi connectivity index (χ3v) is 5.73. The summed E-state index contributed by atoms with van der Waals surface area (Å²) in [6.07, 6.45) is 2.74. The second kappa shape index (κ2) is 7.69. The minimum atomic E-state index is -0.224. The van der Waals surface area contributed by atoms with Gasteiger partial charge in [0.05, 0.1) is 18.9 Å². The van der Waals surface area contributed by atoms with E-state index in [1.165, 1.54) is 11.2 Å². The van der Waals surface area contributed by atoms with Crippen LogP contribution in [0.4, 0.5) is 5.69 Å². The Labute approximate surface area is 173 Å². The van der Waals surface area contributed by atoms with Crippen LogP contribution in [0.2, 0.25) is 0 Å². The summed E-state index contributed by atoms with van der Waals surface area (Å²) in [6, 6.07) is 5.58. The molecule has 3 aliphatic heterocycles. The van der Waals surface area contributed by atoms with Crippen LogP contribution in [0.3, 0.4) is 0 Å². The predicted molar refractivity (Wildman–Crippen MR) is 104 cm³/mol. The third-order valence-electron chi connectivity index (χ3n) is 5.73. The monoisotopic (exact) mass is 413 g/mol. The van der Waals surface area contributed by atoms with Crippen LogP contribution in [0.25, 0.3) is 0 Å². The molecular formula is C20H23N5O5. The van der Waals surface area contributed by atoms with E-state index in [1.54, 1.807) is 15.9 Å². The van der Waals surface area contributed by atoms with Gasteiger partial charge in [-0.1, -0.05) is 6.07 Å². The number of amides is 2. The Hall–Kier alpha value is -2.98. The summed E-state index contributed by atoms with van der Waals surface area (Å²) in [5, 5.41) is 4.15. The number of ether oxygens (including phenoxy) is 3. The second-order valence-electron chi connectivity index (χ2n) is 7.81. The first kappa shape index (κ1) is 19.0. The molecule has 4 heterocycles. The molecule has 10 nitrogen and oxygen atoms in total. The predicted octanol–water partition coefficient (Wildman–Crippen LogP) is 0.179. The van der Waals surface area contributed by atoms with E-state index in [9.17, 15) is 9.59 Å². The normalized spacial score (nSPS) is 24.2. The Morgan fingerprint density at radius 2 is 1.97 bits per heavy atom. The van der Waals surface area contributed by atoms with Crippen molar-refractivity contribution in [2.45, 2.75) is 25.2 Å². The second-order valence-corrected chi connectivity index (χ2v) is 7.81. The number of aromatic nitrogens is 3. The maximum atomic E-state index is 13.0. The van der Waals surface area contributed by atoms with Crippen LogP contribution in [-0.2, 0) is 19.1 Å². The standard InChI is InChI=1S/C20H23N5O5/c1-13-2-3-16-15(4-13)24(20(27)10-30-16)7-19(26)23-5-17-18(6-23)29-9-14(8-28-17)25-12-21-11-22-25/h2-4,11-12,14,17-18H,5-10H2,1H3/t17-,18-/m0/s1. The van der Waals surface area contributed by atoms with Crippen molar-refractivity contribution in [1.82, 2.24) is 19.7 Å². The van der Waals surface area contributed by atoms with Gasteiger partial charge in [-0.2, -0.15) is 5.10 Å². The van der Waals surface area contributed by atoms with Gasteiger partial charge in [-0.25, -0.2) is 9.67 Å². The third kappa shape index (κ3) is 3.52. The summed E-state index contributed by atoms with van der Waals surface area (Å²) in [5.41, 5.74) is 1.63. The number of nitrogens with zero attached hydrogens (tertiary/aromatic N) is 5. The number of rotatable bonds is 3. The molecule has 30 heavy (non-hydrogen) atoms. The topological polar surface area (TPSA) is 99.0 Å². The average molecular weight is 413 g/mol. The van der Waals surface area contributed by atoms with Gasteiger partial charge >= 0.3 is 0 Å². The average Bonchev–Trinajstić information content (AvgIpc) is 3.37. The van der Waals surface area contributed by atoms with Crippen molar-refractivity contribution in [3.8, 4) is 5.75 Å². The molecule has 1 aromatic carbocycles. The van der Waals surface area contributed by atoms with E-state index in [2.05, 4.69) is 10.1 Å². The van der Waals surface area contributed by atoms with Crippen molar-refractivity contribution >= 4 is 17.5 Å². The Balaban J connectivity index is 1.24. The Bertz CT molecular complexity index is 933. The fourth-order valence-electron chi connectivity index (χ4n) is 4.06. The lowest BCUT2D eigenvalue weighted by atomic mass is 10.1. The Morgan fingerprint density at radius 3 is 2.67 bits per heavy atom. The van der Waals surface area contributed by atoms with Crippen LogP contribution < -0.4 is 9.64 Å².